The summed E-state index contributed by atoms with van der Waals surface area (Å²) in [6, 6.07) is 5.20. The second-order valence-electron chi connectivity index (χ2n) is 5.46. The number of ether oxygens (including phenoxy) is 1. The fourth-order valence-electron chi connectivity index (χ4n) is 2.45. The van der Waals surface area contributed by atoms with Crippen LogP contribution in [0.15, 0.2) is 23.6 Å². The quantitative estimate of drug-likeness (QED) is 0.855. The molecule has 1 amide bonds. The number of nitrogens with one attached hydrogen (secondary N) is 1. The fourth-order valence-corrected chi connectivity index (χ4v) is 3.70. The zero-order valence-corrected chi connectivity index (χ0v) is 15.3. The number of carbonyl (C=O) groups is 1. The third-order valence-corrected chi connectivity index (χ3v) is 5.20. The number of morpholine rings is 1. The molecule has 0 unspecified atom stereocenters. The van der Waals surface area contributed by atoms with Crippen LogP contribution in [-0.2, 0) is 22.5 Å². The Balaban J connectivity index is 1.57. The highest BCUT2D eigenvalue weighted by Crippen LogP contribution is 2.25. The molecule has 0 bridgehead atoms. The molecule has 0 saturated carbocycles. The lowest BCUT2D eigenvalue weighted by Crippen LogP contribution is -2.35. The highest BCUT2D eigenvalue weighted by Gasteiger charge is 2.15. The normalized spacial score (nSPS) is 15.4. The van der Waals surface area contributed by atoms with Gasteiger partial charge in [-0.2, -0.15) is 0 Å². The molecule has 0 aliphatic carbocycles. The molecular weight excluding hydrogens is 369 g/mol. The Kier molecular flexibility index (Phi) is 6.08. The first-order chi connectivity index (χ1) is 11.6. The third kappa shape index (κ3) is 4.68. The van der Waals surface area contributed by atoms with Crippen LogP contribution in [0.2, 0.25) is 10.0 Å². The Bertz CT molecular complexity index is 697. The first-order valence-electron chi connectivity index (χ1n) is 7.59. The molecule has 1 N–H and O–H groups in total. The molecule has 5 nitrogen and oxygen atoms in total. The van der Waals surface area contributed by atoms with Crippen molar-refractivity contribution >= 4 is 45.6 Å². The minimum atomic E-state index is -0.183. The summed E-state index contributed by atoms with van der Waals surface area (Å²) in [6.07, 6.45) is 0.122. The number of hydrogen-bond acceptors (Lipinski definition) is 5. The number of halogens is 2. The summed E-state index contributed by atoms with van der Waals surface area (Å²) in [5, 5.41) is 6.35. The lowest BCUT2D eigenvalue weighted by Gasteiger charge is -2.25. The molecule has 24 heavy (non-hydrogen) atoms. The maximum Gasteiger partial charge on any atom is 0.230 e. The van der Waals surface area contributed by atoms with Gasteiger partial charge in [0, 0.05) is 35.1 Å². The van der Waals surface area contributed by atoms with E-state index < -0.39 is 0 Å². The molecular formula is C16H17Cl2N3O2S. The molecule has 3 rings (SSSR count). The van der Waals surface area contributed by atoms with E-state index in [-0.39, 0.29) is 12.3 Å². The summed E-state index contributed by atoms with van der Waals surface area (Å²) in [7, 11) is 0. The van der Waals surface area contributed by atoms with Crippen molar-refractivity contribution < 1.29 is 9.53 Å². The van der Waals surface area contributed by atoms with Gasteiger partial charge >= 0.3 is 0 Å². The molecule has 1 saturated heterocycles. The Morgan fingerprint density at radius 2 is 2.00 bits per heavy atom. The minimum absolute atomic E-state index is 0.122. The van der Waals surface area contributed by atoms with Crippen LogP contribution in [0.1, 0.15) is 11.3 Å². The zero-order valence-electron chi connectivity index (χ0n) is 12.9. The van der Waals surface area contributed by atoms with Gasteiger partial charge < -0.3 is 10.1 Å². The van der Waals surface area contributed by atoms with Gasteiger partial charge in [0.2, 0.25) is 5.91 Å². The summed E-state index contributed by atoms with van der Waals surface area (Å²) in [5.41, 5.74) is 1.58. The third-order valence-electron chi connectivity index (χ3n) is 3.69. The molecule has 1 aromatic heterocycles. The van der Waals surface area contributed by atoms with Gasteiger partial charge in [-0.15, -0.1) is 11.3 Å². The van der Waals surface area contributed by atoms with E-state index in [4.69, 9.17) is 27.9 Å². The van der Waals surface area contributed by atoms with Gasteiger partial charge in [-0.1, -0.05) is 29.3 Å². The van der Waals surface area contributed by atoms with E-state index in [1.165, 1.54) is 11.3 Å². The topological polar surface area (TPSA) is 54.5 Å². The minimum Gasteiger partial charge on any atom is -0.379 e. The van der Waals surface area contributed by atoms with E-state index in [9.17, 15) is 4.79 Å². The van der Waals surface area contributed by atoms with Crippen LogP contribution in [0.5, 0.6) is 0 Å². The Hall–Kier alpha value is -1.18. The number of nitrogens with zero attached hydrogens (tertiary/aromatic N) is 2. The van der Waals surface area contributed by atoms with Crippen LogP contribution in [0.3, 0.4) is 0 Å². The number of benzene rings is 1. The fraction of sp³-hybridized carbons (Fsp3) is 0.375. The average Bonchev–Trinajstić information content (AvgIpc) is 2.99. The highest BCUT2D eigenvalue weighted by molar-refractivity contribution is 7.13. The van der Waals surface area contributed by atoms with Crippen molar-refractivity contribution in [3.8, 4) is 0 Å². The molecule has 0 radical (unpaired) electrons. The summed E-state index contributed by atoms with van der Waals surface area (Å²) >= 11 is 13.6. The number of anilines is 1. The molecule has 1 fully saturated rings. The SMILES string of the molecule is O=C(Cc1c(Cl)cccc1Cl)Nc1nc(CN2CCOCC2)cs1. The Morgan fingerprint density at radius 1 is 1.29 bits per heavy atom. The first-order valence-corrected chi connectivity index (χ1v) is 9.22. The maximum atomic E-state index is 12.2. The lowest BCUT2D eigenvalue weighted by atomic mass is 10.1. The molecule has 0 atom stereocenters. The van der Waals surface area contributed by atoms with Crippen LogP contribution in [0.4, 0.5) is 5.13 Å². The lowest BCUT2D eigenvalue weighted by molar-refractivity contribution is -0.115. The molecule has 1 aromatic carbocycles. The molecule has 0 spiro atoms. The number of carbonyl (C=O) groups excluding carboxylic acids is 1. The van der Waals surface area contributed by atoms with Crippen molar-refractivity contribution in [1.82, 2.24) is 9.88 Å². The first kappa shape index (κ1) is 17.6. The van der Waals surface area contributed by atoms with Crippen molar-refractivity contribution in [2.75, 3.05) is 31.6 Å². The van der Waals surface area contributed by atoms with Crippen molar-refractivity contribution in [3.05, 3.63) is 44.9 Å². The highest BCUT2D eigenvalue weighted by atomic mass is 35.5. The van der Waals surface area contributed by atoms with Crippen molar-refractivity contribution in [2.45, 2.75) is 13.0 Å². The maximum absolute atomic E-state index is 12.2. The molecule has 1 aliphatic heterocycles. The van der Waals surface area contributed by atoms with Crippen LogP contribution < -0.4 is 5.32 Å². The molecule has 1 aliphatic rings. The van der Waals surface area contributed by atoms with Gasteiger partial charge in [0.05, 0.1) is 25.3 Å². The van der Waals surface area contributed by atoms with Crippen LogP contribution in [0, 0.1) is 0 Å². The number of aromatic nitrogens is 1. The van der Waals surface area contributed by atoms with E-state index in [0.717, 1.165) is 38.5 Å². The molecule has 2 heterocycles. The summed E-state index contributed by atoms with van der Waals surface area (Å²) in [5.74, 6) is -0.183. The van der Waals surface area contributed by atoms with E-state index in [0.29, 0.717) is 20.7 Å². The van der Waals surface area contributed by atoms with Crippen LogP contribution in [0.25, 0.3) is 0 Å². The molecule has 128 valence electrons. The largest absolute Gasteiger partial charge is 0.379 e. The molecule has 2 aromatic rings. The number of hydrogen-bond donors (Lipinski definition) is 1. The van der Waals surface area contributed by atoms with E-state index >= 15 is 0 Å². The number of thiazole rings is 1. The van der Waals surface area contributed by atoms with Crippen LogP contribution in [-0.4, -0.2) is 42.1 Å². The summed E-state index contributed by atoms with van der Waals surface area (Å²) in [6.45, 7) is 4.10. The van der Waals surface area contributed by atoms with Gasteiger partial charge in [-0.05, 0) is 17.7 Å². The van der Waals surface area contributed by atoms with Gasteiger partial charge in [0.15, 0.2) is 5.13 Å². The standard InChI is InChI=1S/C16H17Cl2N3O2S/c17-13-2-1-3-14(18)12(13)8-15(22)20-16-19-11(10-24-16)9-21-4-6-23-7-5-21/h1-3,10H,4-9H2,(H,19,20,22). The van der Waals surface area contributed by atoms with Gasteiger partial charge in [0.1, 0.15) is 0 Å². The van der Waals surface area contributed by atoms with Crippen molar-refractivity contribution in [2.24, 2.45) is 0 Å². The monoisotopic (exact) mass is 385 g/mol. The molecule has 8 heteroatoms. The van der Waals surface area contributed by atoms with E-state index in [1.807, 2.05) is 5.38 Å². The zero-order chi connectivity index (χ0) is 16.9. The average molecular weight is 386 g/mol. The van der Waals surface area contributed by atoms with E-state index in [1.54, 1.807) is 18.2 Å². The van der Waals surface area contributed by atoms with Crippen molar-refractivity contribution in [3.63, 3.8) is 0 Å². The van der Waals surface area contributed by atoms with Crippen LogP contribution >= 0.6 is 34.5 Å². The number of rotatable bonds is 5. The Morgan fingerprint density at radius 3 is 2.71 bits per heavy atom. The van der Waals surface area contributed by atoms with E-state index in [2.05, 4.69) is 15.2 Å². The second-order valence-corrected chi connectivity index (χ2v) is 7.13. The van der Waals surface area contributed by atoms with Gasteiger partial charge in [-0.25, -0.2) is 4.98 Å². The predicted octanol–water partition coefficient (Wildman–Crippen LogP) is 3.46. The smallest absolute Gasteiger partial charge is 0.230 e. The van der Waals surface area contributed by atoms with Gasteiger partial charge in [0.25, 0.3) is 0 Å². The predicted molar refractivity (Wildman–Crippen MR) is 97.0 cm³/mol. The Labute approximate surface area is 154 Å². The number of amides is 1. The summed E-state index contributed by atoms with van der Waals surface area (Å²) < 4.78 is 5.33. The van der Waals surface area contributed by atoms with Crippen molar-refractivity contribution in [1.29, 1.82) is 0 Å². The second kappa shape index (κ2) is 8.27. The summed E-state index contributed by atoms with van der Waals surface area (Å²) in [4.78, 5) is 19.0. The van der Waals surface area contributed by atoms with Gasteiger partial charge in [-0.3, -0.25) is 9.69 Å².